The Kier molecular flexibility index (Phi) is 15.1. The average Bonchev–Trinajstić information content (AvgIpc) is 2.58. The quantitative estimate of drug-likeness (QED) is 0.260. The summed E-state index contributed by atoms with van der Waals surface area (Å²) < 4.78 is 0. The molecule has 0 rings (SSSR count). The van der Waals surface area contributed by atoms with Crippen LogP contribution in [-0.4, -0.2) is 43.1 Å². The van der Waals surface area contributed by atoms with Crippen LogP contribution in [0.15, 0.2) is 20.0 Å². The number of isocyanates is 4. The van der Waals surface area contributed by atoms with Crippen LogP contribution in [0.5, 0.6) is 0 Å². The highest BCUT2D eigenvalue weighted by atomic mass is 16.1. The summed E-state index contributed by atoms with van der Waals surface area (Å²) in [6, 6.07) is -0.212. The maximum Gasteiger partial charge on any atom is 0.237 e. The van der Waals surface area contributed by atoms with Gasteiger partial charge in [0.1, 0.15) is 0 Å². The second kappa shape index (κ2) is 16.9. The zero-order chi connectivity index (χ0) is 17.9. The molecule has 130 valence electrons. The van der Waals surface area contributed by atoms with Crippen LogP contribution < -0.4 is 0 Å². The first-order valence-corrected chi connectivity index (χ1v) is 8.03. The van der Waals surface area contributed by atoms with E-state index in [-0.39, 0.29) is 6.04 Å². The highest BCUT2D eigenvalue weighted by Gasteiger charge is 2.11. The molecule has 0 saturated carbocycles. The molecule has 0 aromatic rings. The highest BCUT2D eigenvalue weighted by Crippen LogP contribution is 2.16. The van der Waals surface area contributed by atoms with Gasteiger partial charge in [-0.15, -0.1) is 0 Å². The van der Waals surface area contributed by atoms with E-state index in [0.717, 1.165) is 44.9 Å². The molecule has 0 aromatic carbocycles. The van der Waals surface area contributed by atoms with Crippen LogP contribution in [0.25, 0.3) is 0 Å². The van der Waals surface area contributed by atoms with Crippen molar-refractivity contribution in [2.45, 2.75) is 70.0 Å². The number of nitrogens with zero attached hydrogens (tertiary/aromatic N) is 4. The predicted molar refractivity (Wildman–Crippen MR) is 86.5 cm³/mol. The van der Waals surface area contributed by atoms with Gasteiger partial charge in [0, 0.05) is 0 Å². The van der Waals surface area contributed by atoms with E-state index in [1.54, 1.807) is 6.08 Å². The van der Waals surface area contributed by atoms with Gasteiger partial charge in [0.2, 0.25) is 24.3 Å². The van der Waals surface area contributed by atoms with Crippen molar-refractivity contribution in [3.8, 4) is 0 Å². The summed E-state index contributed by atoms with van der Waals surface area (Å²) in [5, 5.41) is 0. The SMILES string of the molecule is O=C=NCCCCCCCCC(CCC(N=C=O)N=C=O)N=C=O. The summed E-state index contributed by atoms with van der Waals surface area (Å²) in [5.74, 6) is 0. The molecule has 0 amide bonds. The smallest absolute Gasteiger partial charge is 0.211 e. The van der Waals surface area contributed by atoms with E-state index in [9.17, 15) is 19.2 Å². The third-order valence-corrected chi connectivity index (χ3v) is 3.52. The molecule has 0 N–H and O–H groups in total. The number of carbonyl (C=O) groups excluding carboxylic acids is 4. The van der Waals surface area contributed by atoms with E-state index >= 15 is 0 Å². The van der Waals surface area contributed by atoms with Crippen LogP contribution in [0, 0.1) is 0 Å². The maximum absolute atomic E-state index is 10.5. The van der Waals surface area contributed by atoms with Gasteiger partial charge >= 0.3 is 0 Å². The van der Waals surface area contributed by atoms with Gasteiger partial charge < -0.3 is 0 Å². The standard InChI is InChI=1S/C16H22N4O4/c21-11-17-10-6-4-2-1-3-5-7-15(18-12-22)8-9-16(19-13-23)20-14-24/h15-16H,1-10H2. The molecule has 0 bridgehead atoms. The maximum atomic E-state index is 10.5. The lowest BCUT2D eigenvalue weighted by Crippen LogP contribution is -2.09. The summed E-state index contributed by atoms with van der Waals surface area (Å²) in [6.07, 6.45) is 12.5. The van der Waals surface area contributed by atoms with Crippen LogP contribution in [0.3, 0.4) is 0 Å². The zero-order valence-electron chi connectivity index (χ0n) is 13.6. The topological polar surface area (TPSA) is 118 Å². The lowest BCUT2D eigenvalue weighted by molar-refractivity contribution is 0.469. The molecule has 0 spiro atoms. The Morgan fingerprint density at radius 3 is 1.75 bits per heavy atom. The van der Waals surface area contributed by atoms with Gasteiger partial charge in [-0.05, 0) is 25.7 Å². The minimum absolute atomic E-state index is 0.212. The molecular weight excluding hydrogens is 312 g/mol. The lowest BCUT2D eigenvalue weighted by Gasteiger charge is -2.11. The largest absolute Gasteiger partial charge is 0.237 e. The van der Waals surface area contributed by atoms with Crippen molar-refractivity contribution in [3.63, 3.8) is 0 Å². The Morgan fingerprint density at radius 2 is 1.17 bits per heavy atom. The first kappa shape index (κ1) is 21.5. The molecule has 0 radical (unpaired) electrons. The number of hydrogen-bond acceptors (Lipinski definition) is 8. The summed E-state index contributed by atoms with van der Waals surface area (Å²) in [5.41, 5.74) is 0. The van der Waals surface area contributed by atoms with Crippen LogP contribution >= 0.6 is 0 Å². The molecular formula is C16H22N4O4. The number of rotatable bonds is 15. The molecule has 0 heterocycles. The Morgan fingerprint density at radius 1 is 0.583 bits per heavy atom. The molecule has 1 unspecified atom stereocenters. The van der Waals surface area contributed by atoms with Crippen molar-refractivity contribution in [2.24, 2.45) is 20.0 Å². The zero-order valence-corrected chi connectivity index (χ0v) is 13.6. The van der Waals surface area contributed by atoms with Crippen LogP contribution in [-0.2, 0) is 19.2 Å². The fourth-order valence-electron chi connectivity index (χ4n) is 2.29. The fourth-order valence-corrected chi connectivity index (χ4v) is 2.29. The van der Waals surface area contributed by atoms with E-state index in [4.69, 9.17) is 0 Å². The summed E-state index contributed by atoms with van der Waals surface area (Å²) in [7, 11) is 0. The van der Waals surface area contributed by atoms with Crippen molar-refractivity contribution in [2.75, 3.05) is 6.54 Å². The van der Waals surface area contributed by atoms with E-state index in [2.05, 4.69) is 20.0 Å². The summed E-state index contributed by atoms with van der Waals surface area (Å²) in [4.78, 5) is 54.8. The van der Waals surface area contributed by atoms with Gasteiger partial charge in [-0.3, -0.25) is 0 Å². The van der Waals surface area contributed by atoms with Gasteiger partial charge in [-0.2, -0.15) is 9.98 Å². The van der Waals surface area contributed by atoms with E-state index < -0.39 is 6.17 Å². The molecule has 1 atom stereocenters. The number of aliphatic imine (C=N–C) groups is 4. The van der Waals surface area contributed by atoms with Crippen LogP contribution in [0.4, 0.5) is 0 Å². The highest BCUT2D eigenvalue weighted by molar-refractivity contribution is 5.37. The van der Waals surface area contributed by atoms with Gasteiger partial charge in [-0.1, -0.05) is 32.1 Å². The van der Waals surface area contributed by atoms with Gasteiger partial charge in [0.05, 0.1) is 12.6 Å². The normalized spacial score (nSPS) is 11.8. The number of hydrogen-bond donors (Lipinski definition) is 0. The third kappa shape index (κ3) is 13.2. The first-order valence-electron chi connectivity index (χ1n) is 8.03. The molecule has 0 aromatic heterocycles. The Balaban J connectivity index is 3.95. The predicted octanol–water partition coefficient (Wildman–Crippen LogP) is 2.54. The van der Waals surface area contributed by atoms with Crippen molar-refractivity contribution in [1.82, 2.24) is 0 Å². The van der Waals surface area contributed by atoms with E-state index in [1.807, 2.05) is 0 Å². The lowest BCUT2D eigenvalue weighted by atomic mass is 10.0. The Hall–Kier alpha value is -2.48. The third-order valence-electron chi connectivity index (χ3n) is 3.52. The van der Waals surface area contributed by atoms with E-state index in [0.29, 0.717) is 19.4 Å². The van der Waals surface area contributed by atoms with Gasteiger partial charge in [0.25, 0.3) is 0 Å². The van der Waals surface area contributed by atoms with Crippen molar-refractivity contribution < 1.29 is 19.2 Å². The summed E-state index contributed by atoms with van der Waals surface area (Å²) >= 11 is 0. The number of unbranched alkanes of at least 4 members (excludes halogenated alkanes) is 5. The van der Waals surface area contributed by atoms with E-state index in [1.165, 1.54) is 18.2 Å². The van der Waals surface area contributed by atoms with Gasteiger partial charge in [-0.25, -0.2) is 29.2 Å². The molecule has 24 heavy (non-hydrogen) atoms. The second-order valence-corrected chi connectivity index (χ2v) is 5.26. The first-order chi connectivity index (χ1) is 11.8. The molecule has 0 fully saturated rings. The average molecular weight is 334 g/mol. The minimum Gasteiger partial charge on any atom is -0.211 e. The van der Waals surface area contributed by atoms with Crippen molar-refractivity contribution in [1.29, 1.82) is 0 Å². The molecule has 0 aliphatic carbocycles. The molecule has 0 aliphatic heterocycles. The van der Waals surface area contributed by atoms with Crippen LogP contribution in [0.2, 0.25) is 0 Å². The van der Waals surface area contributed by atoms with Crippen LogP contribution in [0.1, 0.15) is 57.8 Å². The second-order valence-electron chi connectivity index (χ2n) is 5.26. The minimum atomic E-state index is -0.807. The monoisotopic (exact) mass is 334 g/mol. The fraction of sp³-hybridized carbons (Fsp3) is 0.750. The molecule has 0 saturated heterocycles. The molecule has 8 heteroatoms. The van der Waals surface area contributed by atoms with Crippen molar-refractivity contribution in [3.05, 3.63) is 0 Å². The van der Waals surface area contributed by atoms with Crippen molar-refractivity contribution >= 4 is 24.3 Å². The molecule has 0 aliphatic rings. The summed E-state index contributed by atoms with van der Waals surface area (Å²) in [6.45, 7) is 0.535. The van der Waals surface area contributed by atoms with Gasteiger partial charge in [0.15, 0.2) is 6.17 Å². The molecule has 8 nitrogen and oxygen atoms in total. The Bertz CT molecular complexity index is 508. The Labute approximate surface area is 140 Å².